The van der Waals surface area contributed by atoms with Crippen LogP contribution in [0.2, 0.25) is 0 Å². The topological polar surface area (TPSA) is 449 Å². The summed E-state index contributed by atoms with van der Waals surface area (Å²) in [5.74, 6) is -7.34. The number of nitrogens with one attached hydrogen (secondary N) is 10. The Morgan fingerprint density at radius 3 is 1.97 bits per heavy atom. The number of primary amides is 1. The first-order chi connectivity index (χ1) is 36.9. The summed E-state index contributed by atoms with van der Waals surface area (Å²) >= 11 is 0. The molecular formula is C50H70N18O9. The predicted molar refractivity (Wildman–Crippen MR) is 284 cm³/mol. The second-order valence-corrected chi connectivity index (χ2v) is 18.5. The molecule has 1 fully saturated rings. The minimum atomic E-state index is -1.43. The fourth-order valence-corrected chi connectivity index (χ4v) is 8.49. The Hall–Kier alpha value is -9.04. The number of para-hydroxylation sites is 1. The molecule has 0 radical (unpaired) electrons. The highest BCUT2D eigenvalue weighted by molar-refractivity contribution is 5.98. The first-order valence-electron chi connectivity index (χ1n) is 25.2. The summed E-state index contributed by atoms with van der Waals surface area (Å²) in [6.45, 7) is 1.35. The van der Waals surface area contributed by atoms with Crippen LogP contribution in [0, 0.1) is 0 Å². The lowest BCUT2D eigenvalue weighted by molar-refractivity contribution is -0.135. The number of carbonyl (C=O) groups is 9. The molecule has 3 heterocycles. The van der Waals surface area contributed by atoms with Gasteiger partial charge in [-0.15, -0.1) is 0 Å². The average molecular weight is 1070 g/mol. The van der Waals surface area contributed by atoms with Gasteiger partial charge in [0.25, 0.3) is 0 Å². The Morgan fingerprint density at radius 1 is 0.701 bits per heavy atom. The van der Waals surface area contributed by atoms with Crippen LogP contribution in [0.5, 0.6) is 0 Å². The first kappa shape index (κ1) is 58.8. The molecule has 0 spiro atoms. The summed E-state index contributed by atoms with van der Waals surface area (Å²) in [5, 5.41) is 22.3. The fourth-order valence-electron chi connectivity index (χ4n) is 8.49. The number of hydrogen-bond acceptors (Lipinski definition) is 12. The molecule has 27 heteroatoms. The molecule has 20 N–H and O–H groups in total. The van der Waals surface area contributed by atoms with E-state index in [0.717, 1.165) is 10.9 Å². The van der Waals surface area contributed by atoms with Crippen LogP contribution < -0.4 is 71.2 Å². The van der Waals surface area contributed by atoms with Crippen molar-refractivity contribution in [1.29, 1.82) is 0 Å². The third-order valence-electron chi connectivity index (χ3n) is 12.4. The molecule has 27 nitrogen and oxygen atoms in total. The fraction of sp³-hybridized carbons (Fsp3) is 0.440. The molecule has 5 rings (SSSR count). The number of imidazole rings is 1. The number of fused-ring (bicyclic) bond motifs is 1. The maximum Gasteiger partial charge on any atom is 0.243 e. The van der Waals surface area contributed by atoms with Gasteiger partial charge in [0.2, 0.25) is 53.2 Å². The minimum Gasteiger partial charge on any atom is -0.370 e. The van der Waals surface area contributed by atoms with Gasteiger partial charge in [-0.05, 0) is 62.1 Å². The molecule has 7 atom stereocenters. The third kappa shape index (κ3) is 19.6. The molecule has 1 aliphatic rings. The molecule has 0 saturated carbocycles. The Bertz CT molecular complexity index is 2720. The van der Waals surface area contributed by atoms with Crippen LogP contribution in [0.3, 0.4) is 0 Å². The minimum absolute atomic E-state index is 0.0418. The van der Waals surface area contributed by atoms with Crippen molar-refractivity contribution in [2.75, 3.05) is 19.6 Å². The van der Waals surface area contributed by atoms with Crippen molar-refractivity contribution in [2.24, 2.45) is 38.7 Å². The molecule has 4 unspecified atom stereocenters. The van der Waals surface area contributed by atoms with Gasteiger partial charge in [0.05, 0.1) is 6.33 Å². The lowest BCUT2D eigenvalue weighted by Crippen LogP contribution is -2.60. The second kappa shape index (κ2) is 29.7. The number of H-pyrrole nitrogens is 2. The summed E-state index contributed by atoms with van der Waals surface area (Å²) < 4.78 is 0. The number of benzene rings is 2. The van der Waals surface area contributed by atoms with Crippen molar-refractivity contribution < 1.29 is 43.2 Å². The van der Waals surface area contributed by atoms with Gasteiger partial charge in [-0.1, -0.05) is 48.5 Å². The van der Waals surface area contributed by atoms with E-state index in [1.54, 1.807) is 42.6 Å². The lowest BCUT2D eigenvalue weighted by Gasteiger charge is -2.28. The maximum absolute atomic E-state index is 14.7. The van der Waals surface area contributed by atoms with Gasteiger partial charge in [-0.2, -0.15) is 0 Å². The highest BCUT2D eigenvalue weighted by Crippen LogP contribution is 2.20. The zero-order valence-corrected chi connectivity index (χ0v) is 42.8. The van der Waals surface area contributed by atoms with E-state index in [1.165, 1.54) is 19.4 Å². The quantitative estimate of drug-likeness (QED) is 0.0263. The number of rotatable bonds is 18. The van der Waals surface area contributed by atoms with Crippen LogP contribution >= 0.6 is 0 Å². The number of hydrogen-bond donors (Lipinski definition) is 15. The number of nitrogens with zero attached hydrogens (tertiary/aromatic N) is 3. The van der Waals surface area contributed by atoms with Gasteiger partial charge < -0.3 is 81.2 Å². The van der Waals surface area contributed by atoms with Crippen molar-refractivity contribution >= 4 is 76.0 Å². The van der Waals surface area contributed by atoms with E-state index in [1.807, 2.05) is 18.2 Å². The summed E-state index contributed by atoms with van der Waals surface area (Å²) in [5.41, 5.74) is 30.2. The molecule has 4 aromatic rings. The molecule has 0 aliphatic carbocycles. The molecule has 2 aromatic carbocycles. The van der Waals surface area contributed by atoms with Crippen LogP contribution in [0.15, 0.2) is 83.3 Å². The van der Waals surface area contributed by atoms with Crippen LogP contribution in [0.4, 0.5) is 0 Å². The second-order valence-electron chi connectivity index (χ2n) is 18.5. The first-order valence-corrected chi connectivity index (χ1v) is 25.2. The van der Waals surface area contributed by atoms with E-state index in [0.29, 0.717) is 16.8 Å². The molecule has 2 aromatic heterocycles. The van der Waals surface area contributed by atoms with Crippen molar-refractivity contribution in [1.82, 2.24) is 57.5 Å². The third-order valence-corrected chi connectivity index (χ3v) is 12.4. The maximum atomic E-state index is 14.7. The van der Waals surface area contributed by atoms with Crippen molar-refractivity contribution in [3.8, 4) is 0 Å². The van der Waals surface area contributed by atoms with Crippen molar-refractivity contribution in [3.63, 3.8) is 0 Å². The standard InChI is InChI=1S/C50H70N18O9/c1-28(69)62-35(14-8-20-58-49(52)53)43(72)64-36-15-7-19-57-41(70)18-17-34(42(51)71)63-47(76)39(23-30-25-60-33-13-6-5-12-32(30)33)67-44(73)37(16-9-21-59-50(54)55)65-46(75)38(22-29-10-3-2-4-11-29)66-48(77)40(68-45(36)74)24-31-26-56-27-61-31/h2-6,10-13,25-27,34-40,60H,7-9,14-24H2,1H3,(H2,51,71)(H,56,61)(H,57,70)(H,62,69)(H,63,76)(H,64,72)(H,65,75)(H,66,77)(H,67,73)(H,68,74)(H4,52,53,58)(H4,54,55,59)/t34?,35?,36?,37-,38?,39-,40-/m0/s1. The van der Waals surface area contributed by atoms with Gasteiger partial charge in [-0.3, -0.25) is 53.1 Å². The van der Waals surface area contributed by atoms with E-state index >= 15 is 0 Å². The number of aromatic amines is 2. The number of aromatic nitrogens is 3. The monoisotopic (exact) mass is 1070 g/mol. The molecular weight excluding hydrogens is 997 g/mol. The smallest absolute Gasteiger partial charge is 0.243 e. The Balaban J connectivity index is 1.54. The number of amides is 9. The largest absolute Gasteiger partial charge is 0.370 e. The number of nitrogens with two attached hydrogens (primary N) is 5. The molecule has 1 saturated heterocycles. The van der Waals surface area contributed by atoms with Crippen LogP contribution in [-0.2, 0) is 62.4 Å². The Kier molecular flexibility index (Phi) is 22.7. The van der Waals surface area contributed by atoms with Crippen molar-refractivity contribution in [2.45, 2.75) is 120 Å². The molecule has 0 bridgehead atoms. The SMILES string of the molecule is CC(=O)NC(CCCN=C(N)N)C(=O)NC1CCCNC(=O)CCC(C(N)=O)NC(=O)[C@H](Cc2c[nH]c3ccccc23)NC(=O)[C@H](CCCN=C(N)N)NC(=O)C(Cc2ccccc2)NC(=O)[C@H](Cc2cnc[nH]2)NC1=O. The lowest BCUT2D eigenvalue weighted by atomic mass is 10.0. The number of guanidine groups is 2. The van der Waals surface area contributed by atoms with E-state index in [9.17, 15) is 43.2 Å². The van der Waals surface area contributed by atoms with E-state index in [-0.39, 0.29) is 102 Å². The van der Waals surface area contributed by atoms with E-state index in [2.05, 4.69) is 67.5 Å². The van der Waals surface area contributed by atoms with Gasteiger partial charge >= 0.3 is 0 Å². The Labute approximate surface area is 443 Å². The predicted octanol–water partition coefficient (Wildman–Crippen LogP) is -3.38. The summed E-state index contributed by atoms with van der Waals surface area (Å²) in [6, 6.07) is 6.44. The zero-order valence-electron chi connectivity index (χ0n) is 42.8. The van der Waals surface area contributed by atoms with E-state index in [4.69, 9.17) is 28.7 Å². The number of aliphatic imine (C=N–C) groups is 2. The molecule has 9 amide bonds. The summed E-state index contributed by atoms with van der Waals surface area (Å²) in [4.78, 5) is 143. The van der Waals surface area contributed by atoms with Gasteiger partial charge in [0, 0.05) is 81.2 Å². The summed E-state index contributed by atoms with van der Waals surface area (Å²) in [6.07, 6.45) is 3.90. The molecule has 77 heavy (non-hydrogen) atoms. The normalized spacial score (nSPS) is 20.8. The average Bonchev–Trinajstić information content (AvgIpc) is 4.07. The van der Waals surface area contributed by atoms with Gasteiger partial charge in [0.1, 0.15) is 42.3 Å². The highest BCUT2D eigenvalue weighted by atomic mass is 16.2. The highest BCUT2D eigenvalue weighted by Gasteiger charge is 2.35. The Morgan fingerprint density at radius 2 is 1.31 bits per heavy atom. The van der Waals surface area contributed by atoms with Gasteiger partial charge in [0.15, 0.2) is 11.9 Å². The van der Waals surface area contributed by atoms with Crippen LogP contribution in [-0.4, -0.2) is 142 Å². The molecule has 414 valence electrons. The summed E-state index contributed by atoms with van der Waals surface area (Å²) in [7, 11) is 0. The van der Waals surface area contributed by atoms with Crippen LogP contribution in [0.25, 0.3) is 10.9 Å². The van der Waals surface area contributed by atoms with Crippen LogP contribution in [0.1, 0.15) is 75.1 Å². The number of carbonyl (C=O) groups excluding carboxylic acids is 9. The van der Waals surface area contributed by atoms with Gasteiger partial charge in [-0.25, -0.2) is 4.98 Å². The zero-order chi connectivity index (χ0) is 55.9. The van der Waals surface area contributed by atoms with E-state index < -0.39 is 95.5 Å². The molecule has 1 aliphatic heterocycles. The van der Waals surface area contributed by atoms with Crippen molar-refractivity contribution in [3.05, 3.63) is 90.1 Å².